The molecule has 1 N–H and O–H groups in total. The minimum atomic E-state index is -5.10. The third kappa shape index (κ3) is 4.55. The number of halogens is 8. The van der Waals surface area contributed by atoms with Gasteiger partial charge in [-0.15, -0.1) is 13.2 Å². The van der Waals surface area contributed by atoms with Crippen molar-refractivity contribution in [3.8, 4) is 22.9 Å². The summed E-state index contributed by atoms with van der Waals surface area (Å²) >= 11 is 2.59. The molecule has 0 saturated carbocycles. The molecule has 1 aromatic heterocycles. The van der Waals surface area contributed by atoms with Crippen molar-refractivity contribution in [1.29, 1.82) is 0 Å². The fraction of sp³-hybridized carbons (Fsp3) is 0.308. The molecular weight excluding hydrogens is 429 g/mol. The predicted molar refractivity (Wildman–Crippen MR) is 74.5 cm³/mol. The molecule has 0 aliphatic carbocycles. The van der Waals surface area contributed by atoms with E-state index in [1.54, 1.807) is 0 Å². The van der Waals surface area contributed by atoms with Gasteiger partial charge in [-0.25, -0.2) is 9.37 Å². The molecule has 1 heterocycles. The van der Waals surface area contributed by atoms with Crippen LogP contribution in [0, 0.1) is 5.82 Å². The normalized spacial score (nSPS) is 12.4. The molecular formula is C13H8BrF7N2O2. The number of imidazole rings is 1. The lowest BCUT2D eigenvalue weighted by atomic mass is 10.1. The highest BCUT2D eigenvalue weighted by atomic mass is 79.9. The minimum absolute atomic E-state index is 0.0884. The molecule has 0 bridgehead atoms. The number of nitrogens with one attached hydrogen (secondary N) is 1. The summed E-state index contributed by atoms with van der Waals surface area (Å²) < 4.78 is 97.4. The Balaban J connectivity index is 2.54. The number of H-pyrrole nitrogens is 1. The summed E-state index contributed by atoms with van der Waals surface area (Å²) in [5.41, 5.74) is -1.79. The van der Waals surface area contributed by atoms with E-state index in [4.69, 9.17) is 4.74 Å². The van der Waals surface area contributed by atoms with Gasteiger partial charge in [0.15, 0.2) is 17.2 Å². The number of ether oxygens (including phenoxy) is 2. The van der Waals surface area contributed by atoms with E-state index < -0.39 is 51.5 Å². The summed E-state index contributed by atoms with van der Waals surface area (Å²) in [5, 5.41) is 0. The van der Waals surface area contributed by atoms with E-state index in [2.05, 4.69) is 25.7 Å². The molecule has 25 heavy (non-hydrogen) atoms. The summed E-state index contributed by atoms with van der Waals surface area (Å²) in [7, 11) is 0. The highest BCUT2D eigenvalue weighted by Gasteiger charge is 2.37. The maximum atomic E-state index is 14.1. The van der Waals surface area contributed by atoms with Crippen LogP contribution >= 0.6 is 15.9 Å². The number of hydrogen-bond donors (Lipinski definition) is 1. The number of hydrogen-bond acceptors (Lipinski definition) is 3. The Bertz CT molecular complexity index is 771. The lowest BCUT2D eigenvalue weighted by Crippen LogP contribution is -2.18. The third-order valence-electron chi connectivity index (χ3n) is 2.76. The van der Waals surface area contributed by atoms with E-state index in [-0.39, 0.29) is 6.61 Å². The van der Waals surface area contributed by atoms with E-state index in [0.717, 1.165) is 6.07 Å². The number of aromatic amines is 1. The van der Waals surface area contributed by atoms with Crippen molar-refractivity contribution in [3.63, 3.8) is 0 Å². The van der Waals surface area contributed by atoms with E-state index in [1.165, 1.54) is 6.92 Å². The highest BCUT2D eigenvalue weighted by molar-refractivity contribution is 9.10. The Morgan fingerprint density at radius 3 is 2.24 bits per heavy atom. The van der Waals surface area contributed by atoms with Crippen LogP contribution in [0.15, 0.2) is 16.7 Å². The summed E-state index contributed by atoms with van der Waals surface area (Å²) in [5.74, 6) is -3.29. The van der Waals surface area contributed by atoms with E-state index in [0.29, 0.717) is 6.07 Å². The first-order valence-corrected chi connectivity index (χ1v) is 7.26. The van der Waals surface area contributed by atoms with Crippen molar-refractivity contribution in [3.05, 3.63) is 28.2 Å². The minimum Gasteiger partial charge on any atom is -0.490 e. The van der Waals surface area contributed by atoms with Gasteiger partial charge in [-0.2, -0.15) is 13.2 Å². The zero-order chi connectivity index (χ0) is 19.0. The van der Waals surface area contributed by atoms with Crippen molar-refractivity contribution in [2.45, 2.75) is 19.5 Å². The Kier molecular flexibility index (Phi) is 5.21. The van der Waals surface area contributed by atoms with Gasteiger partial charge in [-0.3, -0.25) is 0 Å². The topological polar surface area (TPSA) is 47.1 Å². The number of aromatic nitrogens is 2. The molecule has 0 radical (unpaired) electrons. The second kappa shape index (κ2) is 6.73. The first-order valence-electron chi connectivity index (χ1n) is 6.47. The molecule has 0 fully saturated rings. The largest absolute Gasteiger partial charge is 0.573 e. The van der Waals surface area contributed by atoms with Crippen LogP contribution in [0.4, 0.5) is 30.7 Å². The van der Waals surface area contributed by atoms with Gasteiger partial charge in [0, 0.05) is 6.07 Å². The fourth-order valence-corrected chi connectivity index (χ4v) is 2.36. The Morgan fingerprint density at radius 1 is 1.12 bits per heavy atom. The molecule has 0 atom stereocenters. The molecule has 0 aliphatic heterocycles. The number of nitrogens with zero attached hydrogens (tertiary/aromatic N) is 1. The third-order valence-corrected chi connectivity index (χ3v) is 3.33. The fourth-order valence-electron chi connectivity index (χ4n) is 1.86. The van der Waals surface area contributed by atoms with Crippen LogP contribution in [-0.4, -0.2) is 22.9 Å². The first-order chi connectivity index (χ1) is 11.4. The van der Waals surface area contributed by atoms with Crippen LogP contribution < -0.4 is 9.47 Å². The average Bonchev–Trinajstić information content (AvgIpc) is 2.82. The molecule has 0 spiro atoms. The Hall–Kier alpha value is -1.98. The van der Waals surface area contributed by atoms with Crippen LogP contribution in [0.25, 0.3) is 11.4 Å². The van der Waals surface area contributed by atoms with Crippen molar-refractivity contribution < 1.29 is 40.2 Å². The average molecular weight is 437 g/mol. The summed E-state index contributed by atoms with van der Waals surface area (Å²) in [6.07, 6.45) is -9.89. The van der Waals surface area contributed by atoms with Gasteiger partial charge in [0.1, 0.15) is 16.2 Å². The van der Waals surface area contributed by atoms with Crippen LogP contribution in [-0.2, 0) is 6.18 Å². The van der Waals surface area contributed by atoms with Gasteiger partial charge in [-0.05, 0) is 28.9 Å². The quantitative estimate of drug-likeness (QED) is 0.662. The molecule has 0 amide bonds. The molecule has 0 unspecified atom stereocenters. The number of benzene rings is 1. The van der Waals surface area contributed by atoms with Crippen LogP contribution in [0.2, 0.25) is 0 Å². The van der Waals surface area contributed by atoms with Crippen LogP contribution in [0.3, 0.4) is 0 Å². The van der Waals surface area contributed by atoms with Crippen molar-refractivity contribution in [1.82, 2.24) is 9.97 Å². The lowest BCUT2D eigenvalue weighted by Gasteiger charge is -2.14. The van der Waals surface area contributed by atoms with E-state index >= 15 is 0 Å². The van der Waals surface area contributed by atoms with Crippen LogP contribution in [0.5, 0.6) is 11.5 Å². The molecule has 2 aromatic rings. The standard InChI is InChI=1S/C13H8BrF7N2O2/c1-2-24-7-3-5(6(15)4-8(7)25-13(19,20)21)11-22-9(10(14)23-11)12(16,17)18/h3-4H,2H2,1H3,(H,22,23). The zero-order valence-corrected chi connectivity index (χ0v) is 13.7. The van der Waals surface area contributed by atoms with E-state index in [1.807, 2.05) is 4.98 Å². The van der Waals surface area contributed by atoms with Crippen molar-refractivity contribution >= 4 is 15.9 Å². The maximum Gasteiger partial charge on any atom is 0.573 e. The Morgan fingerprint density at radius 2 is 1.76 bits per heavy atom. The SMILES string of the molecule is CCOc1cc(-c2nc(Br)c(C(F)(F)F)[nH]2)c(F)cc1OC(F)(F)F. The molecule has 1 aromatic carbocycles. The van der Waals surface area contributed by atoms with Crippen LogP contribution in [0.1, 0.15) is 12.6 Å². The second-order valence-electron chi connectivity index (χ2n) is 4.51. The van der Waals surface area contributed by atoms with Gasteiger partial charge in [0.05, 0.1) is 12.2 Å². The second-order valence-corrected chi connectivity index (χ2v) is 5.26. The summed E-state index contributed by atoms with van der Waals surface area (Å²) in [6, 6.07) is 1.13. The maximum absolute atomic E-state index is 14.1. The Labute approximate surface area is 144 Å². The van der Waals surface area contributed by atoms with Gasteiger partial charge >= 0.3 is 12.5 Å². The molecule has 4 nitrogen and oxygen atoms in total. The summed E-state index contributed by atoms with van der Waals surface area (Å²) in [6.45, 7) is 1.36. The van der Waals surface area contributed by atoms with Crippen molar-refractivity contribution in [2.75, 3.05) is 6.61 Å². The monoisotopic (exact) mass is 436 g/mol. The van der Waals surface area contributed by atoms with Gasteiger partial charge in [-0.1, -0.05) is 0 Å². The smallest absolute Gasteiger partial charge is 0.490 e. The first kappa shape index (κ1) is 19.3. The number of alkyl halides is 6. The van der Waals surface area contributed by atoms with Gasteiger partial charge in [0.25, 0.3) is 0 Å². The van der Waals surface area contributed by atoms with Gasteiger partial charge in [0.2, 0.25) is 0 Å². The molecule has 0 saturated heterocycles. The molecule has 0 aliphatic rings. The predicted octanol–water partition coefficient (Wildman–Crippen LogP) is 5.29. The molecule has 138 valence electrons. The summed E-state index contributed by atoms with van der Waals surface area (Å²) in [4.78, 5) is 5.37. The highest BCUT2D eigenvalue weighted by Crippen LogP contribution is 2.39. The van der Waals surface area contributed by atoms with E-state index in [9.17, 15) is 30.7 Å². The van der Waals surface area contributed by atoms with Crippen molar-refractivity contribution in [2.24, 2.45) is 0 Å². The number of rotatable bonds is 4. The lowest BCUT2D eigenvalue weighted by molar-refractivity contribution is -0.275. The molecule has 2 rings (SSSR count). The molecule has 12 heteroatoms. The van der Waals surface area contributed by atoms with Gasteiger partial charge < -0.3 is 14.5 Å². The zero-order valence-electron chi connectivity index (χ0n) is 12.1.